The van der Waals surface area contributed by atoms with E-state index in [0.29, 0.717) is 22.2 Å². The normalized spacial score (nSPS) is 14.6. The van der Waals surface area contributed by atoms with Gasteiger partial charge in [0.05, 0.1) is 16.6 Å². The van der Waals surface area contributed by atoms with Crippen molar-refractivity contribution in [3.05, 3.63) is 47.0 Å². The van der Waals surface area contributed by atoms with Gasteiger partial charge in [-0.2, -0.15) is 0 Å². The highest BCUT2D eigenvalue weighted by atomic mass is 35.5. The molecular formula is C18H22ClN5O2. The predicted molar refractivity (Wildman–Crippen MR) is 100 cm³/mol. The summed E-state index contributed by atoms with van der Waals surface area (Å²) in [4.78, 5) is 30.4. The van der Waals surface area contributed by atoms with Crippen molar-refractivity contribution in [3.63, 3.8) is 0 Å². The maximum atomic E-state index is 12.5. The Morgan fingerprint density at radius 2 is 2.08 bits per heavy atom. The van der Waals surface area contributed by atoms with Gasteiger partial charge in [0.1, 0.15) is 5.82 Å². The van der Waals surface area contributed by atoms with Crippen LogP contribution in [0.15, 0.2) is 30.6 Å². The Labute approximate surface area is 157 Å². The van der Waals surface area contributed by atoms with Crippen LogP contribution in [-0.2, 0) is 7.05 Å². The van der Waals surface area contributed by atoms with Crippen LogP contribution in [0.25, 0.3) is 0 Å². The third kappa shape index (κ3) is 3.99. The van der Waals surface area contributed by atoms with E-state index in [1.807, 2.05) is 17.8 Å². The summed E-state index contributed by atoms with van der Waals surface area (Å²) in [6.45, 7) is 0. The minimum Gasteiger partial charge on any atom is -0.345 e. The first kappa shape index (κ1) is 18.3. The Morgan fingerprint density at radius 3 is 2.65 bits per heavy atom. The smallest absolute Gasteiger partial charge is 0.319 e. The molecule has 3 rings (SSSR count). The highest BCUT2D eigenvalue weighted by Gasteiger charge is 2.35. The Kier molecular flexibility index (Phi) is 5.18. The number of nitrogens with zero attached hydrogens (tertiary/aromatic N) is 3. The maximum Gasteiger partial charge on any atom is 0.319 e. The van der Waals surface area contributed by atoms with E-state index in [9.17, 15) is 9.59 Å². The first-order valence-corrected chi connectivity index (χ1v) is 8.80. The number of halogens is 1. The van der Waals surface area contributed by atoms with Crippen LogP contribution in [0.2, 0.25) is 5.02 Å². The van der Waals surface area contributed by atoms with Crippen molar-refractivity contribution in [1.29, 1.82) is 0 Å². The van der Waals surface area contributed by atoms with E-state index in [2.05, 4.69) is 15.6 Å². The Bertz CT molecular complexity index is 829. The molecule has 1 aliphatic rings. The summed E-state index contributed by atoms with van der Waals surface area (Å²) in [6, 6.07) is 4.38. The van der Waals surface area contributed by atoms with Crippen LogP contribution < -0.4 is 10.6 Å². The molecule has 1 saturated carbocycles. The van der Waals surface area contributed by atoms with E-state index in [-0.39, 0.29) is 18.0 Å². The Balaban J connectivity index is 1.72. The zero-order valence-electron chi connectivity index (χ0n) is 15.0. The van der Waals surface area contributed by atoms with E-state index in [1.54, 1.807) is 38.5 Å². The number of hydrogen-bond acceptors (Lipinski definition) is 3. The van der Waals surface area contributed by atoms with Gasteiger partial charge in [-0.25, -0.2) is 9.78 Å². The van der Waals surface area contributed by atoms with Gasteiger partial charge in [-0.05, 0) is 37.0 Å². The van der Waals surface area contributed by atoms with Crippen LogP contribution in [-0.4, -0.2) is 40.5 Å². The van der Waals surface area contributed by atoms with Gasteiger partial charge in [-0.1, -0.05) is 11.6 Å². The number of urea groups is 1. The van der Waals surface area contributed by atoms with Crippen molar-refractivity contribution >= 4 is 29.2 Å². The van der Waals surface area contributed by atoms with E-state index in [1.165, 1.54) is 4.90 Å². The fourth-order valence-corrected chi connectivity index (χ4v) is 3.01. The molecule has 3 amide bonds. The zero-order chi connectivity index (χ0) is 18.8. The third-order valence-corrected chi connectivity index (χ3v) is 4.71. The van der Waals surface area contributed by atoms with Crippen molar-refractivity contribution < 1.29 is 9.59 Å². The number of aryl methyl sites for hydroxylation is 1. The molecule has 7 nitrogen and oxygen atoms in total. The minimum atomic E-state index is -0.338. The van der Waals surface area contributed by atoms with Gasteiger partial charge < -0.3 is 20.1 Å². The lowest BCUT2D eigenvalue weighted by molar-refractivity contribution is 0.0828. The Morgan fingerprint density at radius 1 is 1.35 bits per heavy atom. The third-order valence-electron chi connectivity index (χ3n) is 4.38. The molecule has 0 spiro atoms. The van der Waals surface area contributed by atoms with Crippen LogP contribution in [0.3, 0.4) is 0 Å². The maximum absolute atomic E-state index is 12.5. The standard InChI is InChI=1S/C18H22ClN5O2/c1-23(2)17(25)13-10-12(6-7-14(13)19)21-18(26)22-15(11-4-5-11)16-20-8-9-24(16)3/h6-11,15H,4-5H2,1-3H3,(H2,21,22,26). The van der Waals surface area contributed by atoms with Crippen molar-refractivity contribution in [3.8, 4) is 0 Å². The fraction of sp³-hybridized carbons (Fsp3) is 0.389. The van der Waals surface area contributed by atoms with E-state index in [0.717, 1.165) is 18.7 Å². The number of amides is 3. The number of carbonyl (C=O) groups is 2. The van der Waals surface area contributed by atoms with Crippen LogP contribution in [0, 0.1) is 5.92 Å². The summed E-state index contributed by atoms with van der Waals surface area (Å²) in [5.41, 5.74) is 0.851. The fourth-order valence-electron chi connectivity index (χ4n) is 2.82. The molecular weight excluding hydrogens is 354 g/mol. The quantitative estimate of drug-likeness (QED) is 0.842. The second-order valence-electron chi connectivity index (χ2n) is 6.70. The predicted octanol–water partition coefficient (Wildman–Crippen LogP) is 3.05. The molecule has 1 fully saturated rings. The molecule has 1 aromatic carbocycles. The van der Waals surface area contributed by atoms with Gasteiger partial charge in [0.2, 0.25) is 0 Å². The lowest BCUT2D eigenvalue weighted by Crippen LogP contribution is -2.35. The second kappa shape index (κ2) is 7.37. The van der Waals surface area contributed by atoms with Gasteiger partial charge in [-0.15, -0.1) is 0 Å². The summed E-state index contributed by atoms with van der Waals surface area (Å²) in [6.07, 6.45) is 5.73. The first-order chi connectivity index (χ1) is 12.4. The molecule has 0 bridgehead atoms. The number of benzene rings is 1. The number of anilines is 1. The lowest BCUT2D eigenvalue weighted by atomic mass is 10.1. The summed E-state index contributed by atoms with van der Waals surface area (Å²) >= 11 is 6.10. The summed E-state index contributed by atoms with van der Waals surface area (Å²) in [5, 5.41) is 6.12. The van der Waals surface area contributed by atoms with Gasteiger partial charge in [-0.3, -0.25) is 4.79 Å². The highest BCUT2D eigenvalue weighted by Crippen LogP contribution is 2.40. The number of carbonyl (C=O) groups excluding carboxylic acids is 2. The molecule has 0 radical (unpaired) electrons. The largest absolute Gasteiger partial charge is 0.345 e. The molecule has 1 unspecified atom stereocenters. The van der Waals surface area contributed by atoms with Crippen LogP contribution >= 0.6 is 11.6 Å². The average molecular weight is 376 g/mol. The first-order valence-electron chi connectivity index (χ1n) is 8.42. The van der Waals surface area contributed by atoms with Gasteiger partial charge in [0.15, 0.2) is 0 Å². The second-order valence-corrected chi connectivity index (χ2v) is 7.11. The molecule has 1 aliphatic carbocycles. The van der Waals surface area contributed by atoms with E-state index < -0.39 is 0 Å². The monoisotopic (exact) mass is 375 g/mol. The molecule has 8 heteroatoms. The van der Waals surface area contributed by atoms with Crippen molar-refractivity contribution in [1.82, 2.24) is 19.8 Å². The SMILES string of the molecule is CN(C)C(=O)c1cc(NC(=O)NC(c2nccn2C)C2CC2)ccc1Cl. The molecule has 2 N–H and O–H groups in total. The summed E-state index contributed by atoms with van der Waals surface area (Å²) in [7, 11) is 5.22. The number of imidazole rings is 1. The molecule has 2 aromatic rings. The van der Waals surface area contributed by atoms with E-state index in [4.69, 9.17) is 11.6 Å². The molecule has 1 heterocycles. The van der Waals surface area contributed by atoms with Crippen molar-refractivity contribution in [2.24, 2.45) is 13.0 Å². The minimum absolute atomic E-state index is 0.134. The Hall–Kier alpha value is -2.54. The van der Waals surface area contributed by atoms with Crippen LogP contribution in [0.5, 0.6) is 0 Å². The molecule has 138 valence electrons. The molecule has 1 atom stereocenters. The van der Waals surface area contributed by atoms with Gasteiger partial charge in [0.25, 0.3) is 5.91 Å². The summed E-state index contributed by atoms with van der Waals surface area (Å²) < 4.78 is 1.92. The van der Waals surface area contributed by atoms with Gasteiger partial charge >= 0.3 is 6.03 Å². The number of hydrogen-bond donors (Lipinski definition) is 2. The lowest BCUT2D eigenvalue weighted by Gasteiger charge is -2.19. The average Bonchev–Trinajstić information content (AvgIpc) is 3.35. The highest BCUT2D eigenvalue weighted by molar-refractivity contribution is 6.34. The summed E-state index contributed by atoms with van der Waals surface area (Å²) in [5.74, 6) is 1.02. The molecule has 0 aliphatic heterocycles. The number of aromatic nitrogens is 2. The zero-order valence-corrected chi connectivity index (χ0v) is 15.7. The van der Waals surface area contributed by atoms with Gasteiger partial charge in [0, 0.05) is 39.2 Å². The molecule has 26 heavy (non-hydrogen) atoms. The van der Waals surface area contributed by atoms with Crippen LogP contribution in [0.1, 0.15) is 35.1 Å². The van der Waals surface area contributed by atoms with Crippen molar-refractivity contribution in [2.45, 2.75) is 18.9 Å². The van der Waals surface area contributed by atoms with Crippen LogP contribution in [0.4, 0.5) is 10.5 Å². The topological polar surface area (TPSA) is 79.3 Å². The molecule has 1 aromatic heterocycles. The van der Waals surface area contributed by atoms with Crippen molar-refractivity contribution in [2.75, 3.05) is 19.4 Å². The van der Waals surface area contributed by atoms with E-state index >= 15 is 0 Å². The number of nitrogens with one attached hydrogen (secondary N) is 2. The number of rotatable bonds is 5. The molecule has 0 saturated heterocycles.